The number of aromatic nitrogens is 1. The van der Waals surface area contributed by atoms with Gasteiger partial charge in [-0.05, 0) is 59.4 Å². The Bertz CT molecular complexity index is 1820. The summed E-state index contributed by atoms with van der Waals surface area (Å²) in [5.74, 6) is 0.878. The Hall–Kier alpha value is -4.50. The van der Waals surface area contributed by atoms with Gasteiger partial charge < -0.3 is 9.47 Å². The van der Waals surface area contributed by atoms with Crippen molar-refractivity contribution >= 4 is 28.8 Å². The van der Waals surface area contributed by atoms with Crippen LogP contribution in [-0.2, 0) is 6.42 Å². The molecule has 1 aliphatic heterocycles. The van der Waals surface area contributed by atoms with E-state index >= 15 is 0 Å². The number of hydrogen-bond acceptors (Lipinski definition) is 7. The lowest BCUT2D eigenvalue weighted by atomic mass is 9.83. The van der Waals surface area contributed by atoms with Crippen molar-refractivity contribution in [3.8, 4) is 11.5 Å². The van der Waals surface area contributed by atoms with Crippen LogP contribution in [0.2, 0.25) is 0 Å². The van der Waals surface area contributed by atoms with E-state index in [1.54, 1.807) is 23.8 Å². The molecule has 1 aliphatic carbocycles. The van der Waals surface area contributed by atoms with Crippen LogP contribution in [0.15, 0.2) is 82.1 Å². The Balaban J connectivity index is 1.59. The molecule has 2 aliphatic rings. The molecule has 0 fully saturated rings. The maximum Gasteiger partial charge on any atom is 0.311 e. The van der Waals surface area contributed by atoms with Gasteiger partial charge in [0.1, 0.15) is 5.75 Å². The molecule has 6 rings (SSSR count). The van der Waals surface area contributed by atoms with E-state index in [9.17, 15) is 14.9 Å². The minimum Gasteiger partial charge on any atom is -0.497 e. The van der Waals surface area contributed by atoms with E-state index in [2.05, 4.69) is 12.1 Å². The summed E-state index contributed by atoms with van der Waals surface area (Å²) >= 11 is 1.28. The maximum atomic E-state index is 13.9. The molecular weight excluding hydrogens is 502 g/mol. The van der Waals surface area contributed by atoms with Crippen LogP contribution in [0.5, 0.6) is 11.5 Å². The third-order valence-electron chi connectivity index (χ3n) is 6.98. The normalized spacial score (nSPS) is 16.3. The number of nitrogens with zero attached hydrogens (tertiary/aromatic N) is 3. The van der Waals surface area contributed by atoms with Crippen LogP contribution in [0.1, 0.15) is 34.7 Å². The number of nitro benzene ring substituents is 1. The van der Waals surface area contributed by atoms with Gasteiger partial charge in [-0.15, -0.1) is 0 Å². The highest BCUT2D eigenvalue weighted by atomic mass is 32.1. The predicted octanol–water partition coefficient (Wildman–Crippen LogP) is 4.24. The van der Waals surface area contributed by atoms with Crippen molar-refractivity contribution in [1.82, 2.24) is 4.57 Å². The van der Waals surface area contributed by atoms with Crippen molar-refractivity contribution in [2.24, 2.45) is 4.99 Å². The minimum atomic E-state index is -0.494. The van der Waals surface area contributed by atoms with Crippen molar-refractivity contribution in [2.75, 3.05) is 14.2 Å². The van der Waals surface area contributed by atoms with Gasteiger partial charge in [-0.1, -0.05) is 53.8 Å². The zero-order valence-electron chi connectivity index (χ0n) is 20.7. The molecule has 0 radical (unpaired) electrons. The highest BCUT2D eigenvalue weighted by molar-refractivity contribution is 7.07. The zero-order valence-corrected chi connectivity index (χ0v) is 21.5. The number of benzene rings is 3. The fraction of sp³-hybridized carbons (Fsp3) is 0.172. The van der Waals surface area contributed by atoms with E-state index in [0.29, 0.717) is 20.6 Å². The molecule has 9 heteroatoms. The van der Waals surface area contributed by atoms with Gasteiger partial charge in [-0.3, -0.25) is 19.5 Å². The molecule has 38 heavy (non-hydrogen) atoms. The summed E-state index contributed by atoms with van der Waals surface area (Å²) in [6, 6.07) is 20.4. The van der Waals surface area contributed by atoms with Gasteiger partial charge in [0, 0.05) is 11.6 Å². The molecule has 4 aromatic rings. The lowest BCUT2D eigenvalue weighted by Gasteiger charge is -2.31. The van der Waals surface area contributed by atoms with Gasteiger partial charge in [0.15, 0.2) is 10.6 Å². The highest BCUT2D eigenvalue weighted by Gasteiger charge is 2.32. The molecule has 0 bridgehead atoms. The van der Waals surface area contributed by atoms with Crippen LogP contribution < -0.4 is 24.4 Å². The van der Waals surface area contributed by atoms with Gasteiger partial charge >= 0.3 is 5.69 Å². The molecule has 8 nitrogen and oxygen atoms in total. The summed E-state index contributed by atoms with van der Waals surface area (Å²) in [5, 5.41) is 11.5. The number of aryl methyl sites for hydroxylation is 1. The number of fused-ring (bicyclic) bond motifs is 3. The largest absolute Gasteiger partial charge is 0.497 e. The van der Waals surface area contributed by atoms with E-state index in [1.165, 1.54) is 36.1 Å². The first-order valence-corrected chi connectivity index (χ1v) is 12.9. The second-order valence-electron chi connectivity index (χ2n) is 9.08. The average Bonchev–Trinajstić information content (AvgIpc) is 3.25. The van der Waals surface area contributed by atoms with Crippen LogP contribution in [0.3, 0.4) is 0 Å². The van der Waals surface area contributed by atoms with Crippen molar-refractivity contribution in [3.63, 3.8) is 0 Å². The second-order valence-corrected chi connectivity index (χ2v) is 10.1. The molecule has 1 aromatic heterocycles. The first kappa shape index (κ1) is 23.9. The number of nitro groups is 1. The van der Waals surface area contributed by atoms with E-state index in [-0.39, 0.29) is 23.0 Å². The summed E-state index contributed by atoms with van der Waals surface area (Å²) < 4.78 is 12.8. The number of hydrogen-bond donors (Lipinski definition) is 0. The Kier molecular flexibility index (Phi) is 5.92. The molecule has 0 amide bonds. The standard InChI is InChI=1S/C29H23N3O5S/c1-36-20-8-5-7-19(16-20)27-22-12-11-18-6-3-4-9-21(18)26(22)30-29-31(27)28(33)25(38-29)15-17-10-13-24(37-2)23(14-17)32(34)35/h3-10,13-16,27H,11-12H2,1-2H3/b25-15-/t27-/m0/s1. The highest BCUT2D eigenvalue weighted by Crippen LogP contribution is 2.41. The van der Waals surface area contributed by atoms with Gasteiger partial charge in [0.2, 0.25) is 0 Å². The van der Waals surface area contributed by atoms with Crippen molar-refractivity contribution in [2.45, 2.75) is 18.9 Å². The monoisotopic (exact) mass is 525 g/mol. The Morgan fingerprint density at radius 3 is 2.68 bits per heavy atom. The van der Waals surface area contributed by atoms with Crippen molar-refractivity contribution < 1.29 is 14.4 Å². The molecule has 190 valence electrons. The van der Waals surface area contributed by atoms with Crippen LogP contribution in [0, 0.1) is 10.1 Å². The molecule has 0 unspecified atom stereocenters. The first-order chi connectivity index (χ1) is 18.5. The number of ether oxygens (including phenoxy) is 2. The smallest absolute Gasteiger partial charge is 0.311 e. The number of thiazole rings is 1. The summed E-state index contributed by atoms with van der Waals surface area (Å²) in [7, 11) is 3.01. The average molecular weight is 526 g/mol. The van der Waals surface area contributed by atoms with Gasteiger partial charge in [0.25, 0.3) is 5.56 Å². The van der Waals surface area contributed by atoms with Crippen molar-refractivity contribution in [3.05, 3.63) is 124 Å². The lowest BCUT2D eigenvalue weighted by Crippen LogP contribution is -2.38. The first-order valence-electron chi connectivity index (χ1n) is 12.1. The van der Waals surface area contributed by atoms with Crippen LogP contribution >= 0.6 is 11.3 Å². The predicted molar refractivity (Wildman–Crippen MR) is 145 cm³/mol. The molecule has 0 N–H and O–H groups in total. The summed E-state index contributed by atoms with van der Waals surface area (Å²) in [6.45, 7) is 0. The van der Waals surface area contributed by atoms with Crippen molar-refractivity contribution in [1.29, 1.82) is 0 Å². The molecule has 0 saturated carbocycles. The zero-order chi connectivity index (χ0) is 26.4. The van der Waals surface area contributed by atoms with Gasteiger partial charge in [-0.25, -0.2) is 4.99 Å². The molecule has 3 aromatic carbocycles. The quantitative estimate of drug-likeness (QED) is 0.287. The number of rotatable bonds is 5. The van der Waals surface area contributed by atoms with Crippen LogP contribution in [0.4, 0.5) is 5.69 Å². The SMILES string of the molecule is COc1cccc([C@H]2C3=C(N=c4s/c(=C\c5ccc(OC)c([N+](=O)[O-])c5)c(=O)n42)c2ccccc2CC3)c1. The lowest BCUT2D eigenvalue weighted by molar-refractivity contribution is -0.385. The molecular formula is C29H23N3O5S. The fourth-order valence-corrected chi connectivity index (χ4v) is 6.23. The van der Waals surface area contributed by atoms with E-state index in [0.717, 1.165) is 35.2 Å². The Labute approximate surface area is 221 Å². The fourth-order valence-electron chi connectivity index (χ4n) is 5.22. The van der Waals surface area contributed by atoms with Gasteiger partial charge in [0.05, 0.1) is 35.4 Å². The topological polar surface area (TPSA) is 96.0 Å². The molecule has 0 spiro atoms. The summed E-state index contributed by atoms with van der Waals surface area (Å²) in [5.41, 5.74) is 5.46. The number of methoxy groups -OCH3 is 2. The molecule has 1 atom stereocenters. The Morgan fingerprint density at radius 2 is 1.89 bits per heavy atom. The Morgan fingerprint density at radius 1 is 1.05 bits per heavy atom. The third-order valence-corrected chi connectivity index (χ3v) is 7.96. The summed E-state index contributed by atoms with van der Waals surface area (Å²) in [4.78, 5) is 30.5. The van der Waals surface area contributed by atoms with E-state index in [4.69, 9.17) is 14.5 Å². The maximum absolute atomic E-state index is 13.9. The van der Waals surface area contributed by atoms with Crippen LogP contribution in [0.25, 0.3) is 11.8 Å². The second kappa shape index (κ2) is 9.42. The molecule has 2 heterocycles. The minimum absolute atomic E-state index is 0.157. The third kappa shape index (κ3) is 3.92. The van der Waals surface area contributed by atoms with Crippen LogP contribution in [-0.4, -0.2) is 23.7 Å². The van der Waals surface area contributed by atoms with Gasteiger partial charge in [-0.2, -0.15) is 0 Å². The van der Waals surface area contributed by atoms with E-state index in [1.807, 2.05) is 36.4 Å². The molecule has 0 saturated heterocycles. The number of allylic oxidation sites excluding steroid dienone is 1. The summed E-state index contributed by atoms with van der Waals surface area (Å²) in [6.07, 6.45) is 3.33. The van der Waals surface area contributed by atoms with E-state index < -0.39 is 4.92 Å².